The molecule has 11 heteroatoms. The number of ketones is 2. The number of benzene rings is 2. The monoisotopic (exact) mass is 583 g/mol. The normalized spacial score (nSPS) is 8.51. The second-order valence-corrected chi connectivity index (χ2v) is 6.72. The van der Waals surface area contributed by atoms with E-state index in [9.17, 15) is 29.4 Å². The van der Waals surface area contributed by atoms with Crippen LogP contribution in [0.2, 0.25) is 0 Å². The summed E-state index contributed by atoms with van der Waals surface area (Å²) in [4.78, 5) is 44.7. The molecule has 0 unspecified atom stereocenters. The van der Waals surface area contributed by atoms with E-state index in [2.05, 4.69) is 0 Å². The predicted molar refractivity (Wildman–Crippen MR) is 121 cm³/mol. The molecule has 0 fully saturated rings. The van der Waals surface area contributed by atoms with Crippen LogP contribution in [-0.2, 0) is 0 Å². The maximum atomic E-state index is 11.6. The summed E-state index contributed by atoms with van der Waals surface area (Å²) in [6, 6.07) is 12.3. The van der Waals surface area contributed by atoms with Crippen molar-refractivity contribution in [1.29, 1.82) is 0 Å². The van der Waals surface area contributed by atoms with Crippen LogP contribution in [0.3, 0.4) is 0 Å². The van der Waals surface area contributed by atoms with Gasteiger partial charge in [-0.1, -0.05) is 75.2 Å². The number of unbranched alkanes of at least 4 members (excludes halogenated alkanes) is 2. The van der Waals surface area contributed by atoms with E-state index in [-0.39, 0.29) is 164 Å². The summed E-state index contributed by atoms with van der Waals surface area (Å²) < 4.78 is 0. The van der Waals surface area contributed by atoms with E-state index in [0.29, 0.717) is 12.8 Å². The molecule has 0 saturated carbocycles. The molecule has 6 nitrogen and oxygen atoms in total. The largest absolute Gasteiger partial charge is 2.00 e. The number of Topliss-reactive ketones (excluding diaryl/α,β-unsaturated/α-hetero) is 2. The number of carboxylic acids is 2. The molecule has 0 saturated heterocycles. The van der Waals surface area contributed by atoms with Gasteiger partial charge in [-0.25, -0.2) is 0 Å². The van der Waals surface area contributed by atoms with Crippen molar-refractivity contribution in [3.05, 3.63) is 70.8 Å². The molecule has 35 heavy (non-hydrogen) atoms. The molecular formula is C24H26Ca2Cl2NaO6+. The van der Waals surface area contributed by atoms with Gasteiger partial charge in [-0.05, 0) is 12.8 Å². The van der Waals surface area contributed by atoms with Crippen LogP contribution in [0, 0.1) is 0 Å². The average molecular weight is 585 g/mol. The second kappa shape index (κ2) is 26.4. The molecule has 0 amide bonds. The molecule has 0 bridgehead atoms. The van der Waals surface area contributed by atoms with Crippen molar-refractivity contribution < 1.29 is 83.8 Å². The molecule has 2 rings (SSSR count). The number of aromatic carboxylic acids is 2. The first kappa shape index (κ1) is 45.7. The van der Waals surface area contributed by atoms with E-state index in [1.807, 2.05) is 13.8 Å². The molecule has 0 aromatic heterocycles. The fraction of sp³-hybridized carbons (Fsp3) is 0.333. The van der Waals surface area contributed by atoms with E-state index in [0.717, 1.165) is 25.7 Å². The molecule has 2 aromatic carbocycles. The van der Waals surface area contributed by atoms with Crippen LogP contribution in [0.4, 0.5) is 0 Å². The topological polar surface area (TPSA) is 114 Å². The molecule has 0 N–H and O–H groups in total. The molecule has 0 spiro atoms. The number of carboxylic acid groups (broad SMARTS) is 2. The van der Waals surface area contributed by atoms with Crippen molar-refractivity contribution in [2.75, 3.05) is 0 Å². The van der Waals surface area contributed by atoms with Crippen LogP contribution in [0.1, 0.15) is 93.8 Å². The van der Waals surface area contributed by atoms with Crippen LogP contribution in [0.5, 0.6) is 0 Å². The zero-order valence-electron chi connectivity index (χ0n) is 20.5. The fourth-order valence-corrected chi connectivity index (χ4v) is 2.75. The second-order valence-electron chi connectivity index (χ2n) is 6.72. The van der Waals surface area contributed by atoms with Crippen molar-refractivity contribution in [3.8, 4) is 0 Å². The van der Waals surface area contributed by atoms with Crippen LogP contribution in [-0.4, -0.2) is 99.0 Å². The van der Waals surface area contributed by atoms with Gasteiger partial charge in [0.05, 0.1) is 11.9 Å². The summed E-state index contributed by atoms with van der Waals surface area (Å²) in [6.07, 6.45) is 4.17. The maximum absolute atomic E-state index is 11.6. The minimum Gasteiger partial charge on any atom is -1.00 e. The molecule has 0 radical (unpaired) electrons. The van der Waals surface area contributed by atoms with Gasteiger partial charge in [-0.15, -0.1) is 0 Å². The third kappa shape index (κ3) is 17.1. The fourth-order valence-electron chi connectivity index (χ4n) is 2.75. The Morgan fingerprint density at radius 2 is 0.857 bits per heavy atom. The summed E-state index contributed by atoms with van der Waals surface area (Å²) in [7, 11) is 0. The van der Waals surface area contributed by atoms with Crippen molar-refractivity contribution in [2.24, 2.45) is 0 Å². The van der Waals surface area contributed by atoms with Gasteiger partial charge >= 0.3 is 105 Å². The van der Waals surface area contributed by atoms with Crippen LogP contribution in [0.15, 0.2) is 48.5 Å². The Hall–Kier alpha value is 0.819. The van der Waals surface area contributed by atoms with Gasteiger partial charge in [0, 0.05) is 35.1 Å². The zero-order valence-corrected chi connectivity index (χ0v) is 28.4. The van der Waals surface area contributed by atoms with Gasteiger partial charge < -0.3 is 44.6 Å². The molecule has 0 aliphatic rings. The van der Waals surface area contributed by atoms with Gasteiger partial charge in [0.1, 0.15) is 0 Å². The third-order valence-corrected chi connectivity index (χ3v) is 4.41. The van der Waals surface area contributed by atoms with Gasteiger partial charge in [-0.3, -0.25) is 9.59 Å². The van der Waals surface area contributed by atoms with E-state index >= 15 is 0 Å². The maximum Gasteiger partial charge on any atom is 2.00 e. The van der Waals surface area contributed by atoms with Gasteiger partial charge in [0.15, 0.2) is 11.6 Å². The zero-order chi connectivity index (χ0) is 22.5. The predicted octanol–water partition coefficient (Wildman–Crippen LogP) is -6.90. The number of hydrogen-bond donors (Lipinski definition) is 0. The first-order chi connectivity index (χ1) is 14.3. The molecule has 0 aliphatic carbocycles. The Bertz CT molecular complexity index is 840. The Morgan fingerprint density at radius 3 is 1.09 bits per heavy atom. The van der Waals surface area contributed by atoms with Crippen molar-refractivity contribution in [2.45, 2.75) is 52.4 Å². The number of rotatable bonds is 10. The van der Waals surface area contributed by atoms with Crippen molar-refractivity contribution in [3.63, 3.8) is 0 Å². The molecule has 0 aliphatic heterocycles. The Kier molecular flexibility index (Phi) is 34.5. The number of carbonyl (C=O) groups is 4. The Balaban J connectivity index is -0.000000150. The van der Waals surface area contributed by atoms with Gasteiger partial charge in [0.25, 0.3) is 0 Å². The summed E-state index contributed by atoms with van der Waals surface area (Å²) >= 11 is 0. The van der Waals surface area contributed by atoms with E-state index in [1.165, 1.54) is 24.3 Å². The SMILES string of the molecule is CCCCC(=O)c1ccccc1C(=O)[O-].CCCCC(=O)c1ccccc1C(=O)[O-].[Ca+2].[Ca+2].[Cl-].[Cl-].[Na+]. The average Bonchev–Trinajstić information content (AvgIpc) is 2.76. The van der Waals surface area contributed by atoms with Gasteiger partial charge in [-0.2, -0.15) is 0 Å². The van der Waals surface area contributed by atoms with Crippen molar-refractivity contribution >= 4 is 99.0 Å². The van der Waals surface area contributed by atoms with Gasteiger partial charge in [0.2, 0.25) is 0 Å². The van der Waals surface area contributed by atoms with Crippen LogP contribution >= 0.6 is 0 Å². The van der Waals surface area contributed by atoms with Crippen LogP contribution in [0.25, 0.3) is 0 Å². The molecular weight excluding hydrogens is 558 g/mol. The minimum absolute atomic E-state index is 0. The molecule has 0 atom stereocenters. The molecule has 0 heterocycles. The Labute approximate surface area is 301 Å². The first-order valence-electron chi connectivity index (χ1n) is 10.0. The number of carbonyl (C=O) groups excluding carboxylic acids is 4. The smallest absolute Gasteiger partial charge is 1.00 e. The number of hydrogen-bond acceptors (Lipinski definition) is 6. The third-order valence-electron chi connectivity index (χ3n) is 4.41. The van der Waals surface area contributed by atoms with E-state index < -0.39 is 11.9 Å². The standard InChI is InChI=1S/2C12H14O3.2Ca.2ClH.Na/c2*1-2-3-8-11(13)9-6-4-5-7-10(9)12(14)15;;;;;/h2*4-7H,2-3,8H2,1H3,(H,14,15);;;2*1H;/q;;2*+2;;;+1/p-4. The summed E-state index contributed by atoms with van der Waals surface area (Å²) in [5.41, 5.74) is 0.481. The quantitative estimate of drug-likeness (QED) is 0.203. The van der Waals surface area contributed by atoms with E-state index in [1.54, 1.807) is 24.3 Å². The minimum atomic E-state index is -1.30. The summed E-state index contributed by atoms with van der Waals surface area (Å²) in [5.74, 6) is -2.85. The molecule has 176 valence electrons. The first-order valence-corrected chi connectivity index (χ1v) is 10.0. The number of halogens is 2. The summed E-state index contributed by atoms with van der Waals surface area (Å²) in [5, 5.41) is 21.5. The van der Waals surface area contributed by atoms with Crippen LogP contribution < -0.4 is 64.6 Å². The molecule has 2 aromatic rings. The van der Waals surface area contributed by atoms with E-state index in [4.69, 9.17) is 0 Å². The summed E-state index contributed by atoms with van der Waals surface area (Å²) in [6.45, 7) is 3.97. The Morgan fingerprint density at radius 1 is 0.600 bits per heavy atom. The van der Waals surface area contributed by atoms with Crippen molar-refractivity contribution in [1.82, 2.24) is 0 Å².